The van der Waals surface area contributed by atoms with Gasteiger partial charge in [-0.2, -0.15) is 0 Å². The second kappa shape index (κ2) is 7.63. The molecule has 0 aromatic heterocycles. The topological polar surface area (TPSA) is 18.5 Å². The lowest BCUT2D eigenvalue weighted by atomic mass is 10.0. The molecule has 1 aliphatic rings. The number of hydrogen-bond acceptors (Lipinski definition) is 3. The fourth-order valence-electron chi connectivity index (χ4n) is 2.79. The quantitative estimate of drug-likeness (QED) is 0.874. The van der Waals surface area contributed by atoms with E-state index in [1.54, 1.807) is 0 Å². The first-order valence-electron chi connectivity index (χ1n) is 7.49. The molecule has 0 radical (unpaired) electrons. The Balaban J connectivity index is 2.08. The van der Waals surface area contributed by atoms with Gasteiger partial charge in [0, 0.05) is 32.2 Å². The molecule has 0 aliphatic carbocycles. The second-order valence-electron chi connectivity index (χ2n) is 5.43. The molecule has 1 unspecified atom stereocenters. The molecule has 2 rings (SSSR count). The zero-order valence-electron chi connectivity index (χ0n) is 12.3. The van der Waals surface area contributed by atoms with Crippen molar-refractivity contribution in [2.24, 2.45) is 0 Å². The third kappa shape index (κ3) is 4.30. The smallest absolute Gasteiger partial charge is 0.0473 e. The van der Waals surface area contributed by atoms with Crippen molar-refractivity contribution < 1.29 is 0 Å². The van der Waals surface area contributed by atoms with Crippen LogP contribution in [0.25, 0.3) is 0 Å². The van der Waals surface area contributed by atoms with E-state index in [1.165, 1.54) is 38.2 Å². The summed E-state index contributed by atoms with van der Waals surface area (Å²) in [5, 5.41) is 3.52. The average molecular weight is 261 g/mol. The first kappa shape index (κ1) is 14.5. The Hall–Kier alpha value is -0.900. The van der Waals surface area contributed by atoms with E-state index in [1.807, 2.05) is 0 Å². The maximum absolute atomic E-state index is 3.52. The SMILES string of the molecule is CCNCC(c1ccccc1)N1CCCN(C)CC1. The summed E-state index contributed by atoms with van der Waals surface area (Å²) in [4.78, 5) is 5.08. The molecule has 1 heterocycles. The Morgan fingerprint density at radius 1 is 1.11 bits per heavy atom. The molecule has 0 amide bonds. The molecular formula is C16H27N3. The summed E-state index contributed by atoms with van der Waals surface area (Å²) in [6.07, 6.45) is 1.27. The van der Waals surface area contributed by atoms with Gasteiger partial charge in [-0.3, -0.25) is 4.90 Å². The molecule has 1 saturated heterocycles. The largest absolute Gasteiger partial charge is 0.315 e. The maximum Gasteiger partial charge on any atom is 0.0473 e. The van der Waals surface area contributed by atoms with E-state index < -0.39 is 0 Å². The Bertz CT molecular complexity index is 352. The fraction of sp³-hybridized carbons (Fsp3) is 0.625. The highest BCUT2D eigenvalue weighted by atomic mass is 15.2. The molecule has 3 heteroatoms. The van der Waals surface area contributed by atoms with Crippen LogP contribution in [-0.2, 0) is 0 Å². The molecule has 0 saturated carbocycles. The lowest BCUT2D eigenvalue weighted by Gasteiger charge is -2.31. The van der Waals surface area contributed by atoms with Crippen molar-refractivity contribution >= 4 is 0 Å². The van der Waals surface area contributed by atoms with Gasteiger partial charge in [0.05, 0.1) is 0 Å². The van der Waals surface area contributed by atoms with E-state index in [0.29, 0.717) is 6.04 Å². The summed E-state index contributed by atoms with van der Waals surface area (Å²) in [6, 6.07) is 11.4. The van der Waals surface area contributed by atoms with Crippen LogP contribution in [0.3, 0.4) is 0 Å². The highest BCUT2D eigenvalue weighted by Gasteiger charge is 2.21. The lowest BCUT2D eigenvalue weighted by molar-refractivity contribution is 0.199. The molecule has 3 nitrogen and oxygen atoms in total. The molecule has 0 spiro atoms. The van der Waals surface area contributed by atoms with Gasteiger partial charge in [-0.15, -0.1) is 0 Å². The van der Waals surface area contributed by atoms with E-state index >= 15 is 0 Å². The highest BCUT2D eigenvalue weighted by molar-refractivity contribution is 5.19. The van der Waals surface area contributed by atoms with Crippen LogP contribution in [0, 0.1) is 0 Å². The number of nitrogens with zero attached hydrogens (tertiary/aromatic N) is 2. The van der Waals surface area contributed by atoms with E-state index in [0.717, 1.165) is 13.1 Å². The number of rotatable bonds is 5. The normalized spacial score (nSPS) is 20.1. The Morgan fingerprint density at radius 2 is 1.89 bits per heavy atom. The van der Waals surface area contributed by atoms with Gasteiger partial charge in [0.25, 0.3) is 0 Å². The first-order valence-corrected chi connectivity index (χ1v) is 7.49. The number of likely N-dealkylation sites (N-methyl/N-ethyl adjacent to an activating group) is 2. The van der Waals surface area contributed by atoms with Crippen LogP contribution >= 0.6 is 0 Å². The summed E-state index contributed by atoms with van der Waals surface area (Å²) >= 11 is 0. The summed E-state index contributed by atoms with van der Waals surface area (Å²) in [5.41, 5.74) is 1.44. The van der Waals surface area contributed by atoms with Gasteiger partial charge < -0.3 is 10.2 Å². The Labute approximate surface area is 117 Å². The van der Waals surface area contributed by atoms with Crippen LogP contribution in [0.5, 0.6) is 0 Å². The van der Waals surface area contributed by atoms with E-state index in [9.17, 15) is 0 Å². The van der Waals surface area contributed by atoms with Crippen molar-refractivity contribution in [3.63, 3.8) is 0 Å². The third-order valence-corrected chi connectivity index (χ3v) is 3.97. The van der Waals surface area contributed by atoms with Crippen molar-refractivity contribution in [2.45, 2.75) is 19.4 Å². The number of nitrogens with one attached hydrogen (secondary N) is 1. The summed E-state index contributed by atoms with van der Waals surface area (Å²) in [6.45, 7) is 9.03. The van der Waals surface area contributed by atoms with Crippen LogP contribution in [0.1, 0.15) is 24.9 Å². The van der Waals surface area contributed by atoms with E-state index in [2.05, 4.69) is 59.4 Å². The van der Waals surface area contributed by atoms with Gasteiger partial charge in [-0.1, -0.05) is 37.3 Å². The molecule has 1 aromatic carbocycles. The molecule has 1 aliphatic heterocycles. The predicted molar refractivity (Wildman–Crippen MR) is 81.4 cm³/mol. The Morgan fingerprint density at radius 3 is 2.63 bits per heavy atom. The van der Waals surface area contributed by atoms with Gasteiger partial charge in [0.2, 0.25) is 0 Å². The summed E-state index contributed by atoms with van der Waals surface area (Å²) in [7, 11) is 2.23. The Kier molecular flexibility index (Phi) is 5.83. The second-order valence-corrected chi connectivity index (χ2v) is 5.43. The van der Waals surface area contributed by atoms with Crippen LogP contribution in [0.4, 0.5) is 0 Å². The first-order chi connectivity index (χ1) is 9.31. The third-order valence-electron chi connectivity index (χ3n) is 3.97. The molecule has 1 aromatic rings. The zero-order chi connectivity index (χ0) is 13.5. The highest BCUT2D eigenvalue weighted by Crippen LogP contribution is 2.21. The van der Waals surface area contributed by atoms with Gasteiger partial charge in [0.1, 0.15) is 0 Å². The van der Waals surface area contributed by atoms with Crippen LogP contribution in [0.15, 0.2) is 30.3 Å². The van der Waals surface area contributed by atoms with Crippen molar-refractivity contribution in [1.82, 2.24) is 15.1 Å². The molecule has 19 heavy (non-hydrogen) atoms. The zero-order valence-corrected chi connectivity index (χ0v) is 12.3. The van der Waals surface area contributed by atoms with Gasteiger partial charge in [-0.25, -0.2) is 0 Å². The maximum atomic E-state index is 3.52. The molecule has 1 fully saturated rings. The van der Waals surface area contributed by atoms with E-state index in [-0.39, 0.29) is 0 Å². The fourth-order valence-corrected chi connectivity index (χ4v) is 2.79. The lowest BCUT2D eigenvalue weighted by Crippen LogP contribution is -2.38. The molecule has 0 bridgehead atoms. The minimum absolute atomic E-state index is 0.507. The van der Waals surface area contributed by atoms with Crippen LogP contribution in [0.2, 0.25) is 0 Å². The molecule has 106 valence electrons. The monoisotopic (exact) mass is 261 g/mol. The molecule has 1 N–H and O–H groups in total. The minimum atomic E-state index is 0.507. The average Bonchev–Trinajstić information content (AvgIpc) is 2.66. The minimum Gasteiger partial charge on any atom is -0.315 e. The summed E-state index contributed by atoms with van der Waals surface area (Å²) < 4.78 is 0. The van der Waals surface area contributed by atoms with Crippen LogP contribution in [-0.4, -0.2) is 56.1 Å². The van der Waals surface area contributed by atoms with Gasteiger partial charge in [0.15, 0.2) is 0 Å². The standard InChI is InChI=1S/C16H27N3/c1-3-17-14-16(15-8-5-4-6-9-15)19-11-7-10-18(2)12-13-19/h4-6,8-9,16-17H,3,7,10-14H2,1-2H3. The van der Waals surface area contributed by atoms with Crippen molar-refractivity contribution in [1.29, 1.82) is 0 Å². The van der Waals surface area contributed by atoms with Gasteiger partial charge >= 0.3 is 0 Å². The number of hydrogen-bond donors (Lipinski definition) is 1. The predicted octanol–water partition coefficient (Wildman–Crippen LogP) is 1.97. The molecule has 1 atom stereocenters. The van der Waals surface area contributed by atoms with E-state index in [4.69, 9.17) is 0 Å². The van der Waals surface area contributed by atoms with Crippen molar-refractivity contribution in [2.75, 3.05) is 46.3 Å². The molecular weight excluding hydrogens is 234 g/mol. The summed E-state index contributed by atoms with van der Waals surface area (Å²) in [5.74, 6) is 0. The van der Waals surface area contributed by atoms with Crippen LogP contribution < -0.4 is 5.32 Å². The van der Waals surface area contributed by atoms with Gasteiger partial charge in [-0.05, 0) is 32.1 Å². The number of benzene rings is 1. The van der Waals surface area contributed by atoms with Crippen molar-refractivity contribution in [3.05, 3.63) is 35.9 Å². The van der Waals surface area contributed by atoms with Crippen molar-refractivity contribution in [3.8, 4) is 0 Å².